The molecule has 2 aromatic rings. The van der Waals surface area contributed by atoms with Gasteiger partial charge in [0.05, 0.1) is 24.5 Å². The molecule has 0 aliphatic rings. The quantitative estimate of drug-likeness (QED) is 0.719. The number of nitrogens with one attached hydrogen (secondary N) is 1. The zero-order valence-corrected chi connectivity index (χ0v) is 13.0. The van der Waals surface area contributed by atoms with Crippen LogP contribution in [0.15, 0.2) is 42.7 Å². The molecule has 0 spiro atoms. The molecule has 1 N–H and O–H groups in total. The molecular formula is C17H25N3O. The molecule has 0 saturated heterocycles. The minimum Gasteiger partial charge on any atom is -0.379 e. The first-order chi connectivity index (χ1) is 10.3. The lowest BCUT2D eigenvalue weighted by Crippen LogP contribution is -2.26. The second-order valence-electron chi connectivity index (χ2n) is 5.14. The summed E-state index contributed by atoms with van der Waals surface area (Å²) in [7, 11) is 0. The maximum absolute atomic E-state index is 5.71. The summed E-state index contributed by atoms with van der Waals surface area (Å²) in [4.78, 5) is 0. The molecule has 2 rings (SSSR count). The average Bonchev–Trinajstić information content (AvgIpc) is 3.01. The Labute approximate surface area is 127 Å². The lowest BCUT2D eigenvalue weighted by Gasteiger charge is -2.17. The maximum Gasteiger partial charge on any atom is 0.0662 e. The smallest absolute Gasteiger partial charge is 0.0662 e. The third kappa shape index (κ3) is 4.69. The van der Waals surface area contributed by atoms with E-state index in [0.717, 1.165) is 31.7 Å². The maximum atomic E-state index is 5.71. The van der Waals surface area contributed by atoms with Gasteiger partial charge in [-0.3, -0.25) is 0 Å². The van der Waals surface area contributed by atoms with E-state index < -0.39 is 0 Å². The number of para-hydroxylation sites is 1. The van der Waals surface area contributed by atoms with Gasteiger partial charge in [-0.15, -0.1) is 0 Å². The van der Waals surface area contributed by atoms with Crippen LogP contribution in [0.1, 0.15) is 38.3 Å². The fourth-order valence-electron chi connectivity index (χ4n) is 2.18. The Hall–Kier alpha value is -1.65. The van der Waals surface area contributed by atoms with Crippen molar-refractivity contribution in [2.45, 2.75) is 32.7 Å². The molecule has 1 heterocycles. The van der Waals surface area contributed by atoms with E-state index in [4.69, 9.17) is 4.74 Å². The monoisotopic (exact) mass is 287 g/mol. The SMILES string of the molecule is CCCNC(COCCC)c1cnn(-c2ccccc2)c1. The second-order valence-corrected chi connectivity index (χ2v) is 5.14. The molecule has 4 nitrogen and oxygen atoms in total. The highest BCUT2D eigenvalue weighted by atomic mass is 16.5. The number of ether oxygens (including phenoxy) is 1. The Morgan fingerprint density at radius 3 is 2.71 bits per heavy atom. The van der Waals surface area contributed by atoms with Crippen molar-refractivity contribution in [2.24, 2.45) is 0 Å². The minimum absolute atomic E-state index is 0.203. The van der Waals surface area contributed by atoms with Crippen LogP contribution in [0, 0.1) is 0 Å². The van der Waals surface area contributed by atoms with E-state index >= 15 is 0 Å². The van der Waals surface area contributed by atoms with Crippen molar-refractivity contribution in [2.75, 3.05) is 19.8 Å². The van der Waals surface area contributed by atoms with Crippen LogP contribution in [0.2, 0.25) is 0 Å². The highest BCUT2D eigenvalue weighted by Gasteiger charge is 2.13. The van der Waals surface area contributed by atoms with Gasteiger partial charge in [-0.2, -0.15) is 5.10 Å². The molecule has 0 bridgehead atoms. The first-order valence-corrected chi connectivity index (χ1v) is 7.76. The molecule has 0 radical (unpaired) electrons. The summed E-state index contributed by atoms with van der Waals surface area (Å²) in [6.07, 6.45) is 6.16. The highest BCUT2D eigenvalue weighted by molar-refractivity contribution is 5.31. The lowest BCUT2D eigenvalue weighted by molar-refractivity contribution is 0.112. The van der Waals surface area contributed by atoms with Crippen molar-refractivity contribution in [1.29, 1.82) is 0 Å². The van der Waals surface area contributed by atoms with E-state index in [0.29, 0.717) is 6.61 Å². The van der Waals surface area contributed by atoms with Crippen molar-refractivity contribution in [1.82, 2.24) is 15.1 Å². The zero-order valence-electron chi connectivity index (χ0n) is 13.0. The normalized spacial score (nSPS) is 12.5. The van der Waals surface area contributed by atoms with E-state index in [9.17, 15) is 0 Å². The molecule has 0 amide bonds. The van der Waals surface area contributed by atoms with Crippen LogP contribution >= 0.6 is 0 Å². The topological polar surface area (TPSA) is 39.1 Å². The fraction of sp³-hybridized carbons (Fsp3) is 0.471. The molecule has 1 atom stereocenters. The van der Waals surface area contributed by atoms with Crippen LogP contribution in [0.3, 0.4) is 0 Å². The molecule has 0 aliphatic heterocycles. The summed E-state index contributed by atoms with van der Waals surface area (Å²) in [6.45, 7) is 6.77. The van der Waals surface area contributed by atoms with Crippen molar-refractivity contribution in [3.05, 3.63) is 48.3 Å². The Bertz CT molecular complexity index is 510. The predicted molar refractivity (Wildman–Crippen MR) is 85.7 cm³/mol. The van der Waals surface area contributed by atoms with Gasteiger partial charge in [-0.05, 0) is 31.5 Å². The van der Waals surface area contributed by atoms with Gasteiger partial charge in [0.25, 0.3) is 0 Å². The summed E-state index contributed by atoms with van der Waals surface area (Å²) in [5.74, 6) is 0. The number of aromatic nitrogens is 2. The number of nitrogens with zero attached hydrogens (tertiary/aromatic N) is 2. The first-order valence-electron chi connectivity index (χ1n) is 7.76. The van der Waals surface area contributed by atoms with Crippen molar-refractivity contribution < 1.29 is 4.74 Å². The van der Waals surface area contributed by atoms with Gasteiger partial charge in [0.15, 0.2) is 0 Å². The Morgan fingerprint density at radius 1 is 1.19 bits per heavy atom. The van der Waals surface area contributed by atoms with Crippen LogP contribution in [0.4, 0.5) is 0 Å². The summed E-state index contributed by atoms with van der Waals surface area (Å²) in [5.41, 5.74) is 2.25. The molecule has 1 aromatic carbocycles. The third-order valence-corrected chi connectivity index (χ3v) is 3.30. The van der Waals surface area contributed by atoms with Gasteiger partial charge in [-0.1, -0.05) is 32.0 Å². The molecule has 21 heavy (non-hydrogen) atoms. The van der Waals surface area contributed by atoms with Crippen LogP contribution in [-0.2, 0) is 4.74 Å². The van der Waals surface area contributed by atoms with Crippen LogP contribution in [0.25, 0.3) is 5.69 Å². The second kappa shape index (κ2) is 8.60. The van der Waals surface area contributed by atoms with Gasteiger partial charge in [0.2, 0.25) is 0 Å². The van der Waals surface area contributed by atoms with Crippen molar-refractivity contribution in [3.8, 4) is 5.69 Å². The fourth-order valence-corrected chi connectivity index (χ4v) is 2.18. The van der Waals surface area contributed by atoms with E-state index in [-0.39, 0.29) is 6.04 Å². The Balaban J connectivity index is 2.07. The Morgan fingerprint density at radius 2 is 2.00 bits per heavy atom. The molecule has 0 aliphatic carbocycles. The van der Waals surface area contributed by atoms with Crippen molar-refractivity contribution >= 4 is 0 Å². The number of benzene rings is 1. The zero-order chi connectivity index (χ0) is 14.9. The molecule has 0 fully saturated rings. The highest BCUT2D eigenvalue weighted by Crippen LogP contribution is 2.15. The standard InChI is InChI=1S/C17H25N3O/c1-3-10-18-17(14-21-11-4-2)15-12-19-20(13-15)16-8-6-5-7-9-16/h5-9,12-13,17-18H,3-4,10-11,14H2,1-2H3. The van der Waals surface area contributed by atoms with Gasteiger partial charge >= 0.3 is 0 Å². The molecule has 1 unspecified atom stereocenters. The van der Waals surface area contributed by atoms with E-state index in [1.807, 2.05) is 29.1 Å². The number of hydrogen-bond acceptors (Lipinski definition) is 3. The summed E-state index contributed by atoms with van der Waals surface area (Å²) in [6, 6.07) is 10.4. The van der Waals surface area contributed by atoms with Crippen molar-refractivity contribution in [3.63, 3.8) is 0 Å². The Kier molecular flexibility index (Phi) is 6.44. The summed E-state index contributed by atoms with van der Waals surface area (Å²) in [5, 5.41) is 8.00. The van der Waals surface area contributed by atoms with Gasteiger partial charge in [0.1, 0.15) is 0 Å². The largest absolute Gasteiger partial charge is 0.379 e. The third-order valence-electron chi connectivity index (χ3n) is 3.30. The van der Waals surface area contributed by atoms with Gasteiger partial charge < -0.3 is 10.1 Å². The predicted octanol–water partition coefficient (Wildman–Crippen LogP) is 3.34. The van der Waals surface area contributed by atoms with Gasteiger partial charge in [-0.25, -0.2) is 4.68 Å². The van der Waals surface area contributed by atoms with Crippen LogP contribution in [0.5, 0.6) is 0 Å². The first kappa shape index (κ1) is 15.7. The van der Waals surface area contributed by atoms with E-state index in [1.165, 1.54) is 5.56 Å². The van der Waals surface area contributed by atoms with Crippen LogP contribution < -0.4 is 5.32 Å². The summed E-state index contributed by atoms with van der Waals surface area (Å²) < 4.78 is 7.62. The number of rotatable bonds is 9. The number of hydrogen-bond donors (Lipinski definition) is 1. The average molecular weight is 287 g/mol. The summed E-state index contributed by atoms with van der Waals surface area (Å²) >= 11 is 0. The van der Waals surface area contributed by atoms with E-state index in [1.54, 1.807) is 0 Å². The molecule has 4 heteroatoms. The minimum atomic E-state index is 0.203. The molecule has 0 saturated carbocycles. The molecular weight excluding hydrogens is 262 g/mol. The van der Waals surface area contributed by atoms with Gasteiger partial charge in [0, 0.05) is 18.4 Å². The molecule has 1 aromatic heterocycles. The lowest BCUT2D eigenvalue weighted by atomic mass is 10.1. The van der Waals surface area contributed by atoms with Crippen LogP contribution in [-0.4, -0.2) is 29.5 Å². The van der Waals surface area contributed by atoms with E-state index in [2.05, 4.69) is 42.6 Å². The molecule has 114 valence electrons.